The molecule has 1 aromatic rings. The van der Waals surface area contributed by atoms with E-state index in [1.807, 2.05) is 18.5 Å². The van der Waals surface area contributed by atoms with Gasteiger partial charge in [0.2, 0.25) is 0 Å². The van der Waals surface area contributed by atoms with Gasteiger partial charge in [-0.25, -0.2) is 0 Å². The van der Waals surface area contributed by atoms with Crippen LogP contribution in [0.3, 0.4) is 0 Å². The molecule has 0 amide bonds. The molecule has 0 saturated heterocycles. The van der Waals surface area contributed by atoms with E-state index in [1.165, 1.54) is 18.4 Å². The van der Waals surface area contributed by atoms with Crippen LogP contribution in [-0.2, 0) is 5.54 Å². The molecule has 0 aliphatic heterocycles. The van der Waals surface area contributed by atoms with E-state index in [4.69, 9.17) is 5.73 Å². The van der Waals surface area contributed by atoms with Gasteiger partial charge in [0.15, 0.2) is 0 Å². The van der Waals surface area contributed by atoms with Crippen molar-refractivity contribution in [3.8, 4) is 0 Å². The largest absolute Gasteiger partial charge is 0.321 e. The van der Waals surface area contributed by atoms with Crippen LogP contribution in [0, 0.1) is 11.8 Å². The minimum Gasteiger partial charge on any atom is -0.321 e. The summed E-state index contributed by atoms with van der Waals surface area (Å²) in [6, 6.07) is 4.09. The van der Waals surface area contributed by atoms with Crippen molar-refractivity contribution in [2.75, 3.05) is 0 Å². The quantitative estimate of drug-likeness (QED) is 0.764. The molecule has 1 aliphatic rings. The van der Waals surface area contributed by atoms with Crippen molar-refractivity contribution in [1.82, 2.24) is 4.98 Å². The topological polar surface area (TPSA) is 38.9 Å². The molecule has 2 nitrogen and oxygen atoms in total. The summed E-state index contributed by atoms with van der Waals surface area (Å²) in [5.74, 6) is 1.28. The molecule has 2 heteroatoms. The van der Waals surface area contributed by atoms with Gasteiger partial charge in [-0.15, -0.1) is 0 Å². The Bertz CT molecular complexity index is 323. The highest BCUT2D eigenvalue weighted by Gasteiger charge is 2.38. The predicted octanol–water partition coefficient (Wildman–Crippen LogP) is 2.69. The lowest BCUT2D eigenvalue weighted by molar-refractivity contribution is 0.161. The summed E-state index contributed by atoms with van der Waals surface area (Å²) in [4.78, 5) is 4.18. The first-order chi connectivity index (χ1) is 7.13. The Morgan fingerprint density at radius 1 is 1.40 bits per heavy atom. The molecule has 1 heterocycles. The summed E-state index contributed by atoms with van der Waals surface area (Å²) in [6.07, 6.45) is 7.35. The third-order valence-corrected chi connectivity index (χ3v) is 3.86. The first kappa shape index (κ1) is 10.6. The van der Waals surface area contributed by atoms with Crippen molar-refractivity contribution in [2.24, 2.45) is 17.6 Å². The number of nitrogens with zero attached hydrogens (tertiary/aromatic N) is 1. The molecule has 1 aromatic heterocycles. The second-order valence-electron chi connectivity index (χ2n) is 5.07. The van der Waals surface area contributed by atoms with E-state index in [9.17, 15) is 0 Å². The number of nitrogens with two attached hydrogens (primary N) is 1. The van der Waals surface area contributed by atoms with Crippen molar-refractivity contribution in [2.45, 2.75) is 38.6 Å². The third-order valence-electron chi connectivity index (χ3n) is 3.86. The predicted molar refractivity (Wildman–Crippen MR) is 62.3 cm³/mol. The average Bonchev–Trinajstić information content (AvgIpc) is 2.25. The van der Waals surface area contributed by atoms with Gasteiger partial charge in [-0.3, -0.25) is 4.98 Å². The van der Waals surface area contributed by atoms with Gasteiger partial charge in [0.1, 0.15) is 0 Å². The molecule has 1 aliphatic carbocycles. The fraction of sp³-hybridized carbons (Fsp3) is 0.615. The maximum absolute atomic E-state index is 6.57. The Kier molecular flexibility index (Phi) is 2.79. The zero-order chi connectivity index (χ0) is 10.9. The summed E-state index contributed by atoms with van der Waals surface area (Å²) >= 11 is 0. The van der Waals surface area contributed by atoms with Crippen LogP contribution in [0.15, 0.2) is 24.5 Å². The first-order valence-electron chi connectivity index (χ1n) is 5.82. The zero-order valence-electron chi connectivity index (χ0n) is 9.61. The summed E-state index contributed by atoms with van der Waals surface area (Å²) in [5, 5.41) is 0. The average molecular weight is 204 g/mol. The van der Waals surface area contributed by atoms with Crippen LogP contribution in [0.1, 0.15) is 38.7 Å². The summed E-state index contributed by atoms with van der Waals surface area (Å²) in [5.41, 5.74) is 7.61. The van der Waals surface area contributed by atoms with Crippen LogP contribution < -0.4 is 5.73 Å². The van der Waals surface area contributed by atoms with Gasteiger partial charge in [0, 0.05) is 17.9 Å². The van der Waals surface area contributed by atoms with Crippen LogP contribution in [0.25, 0.3) is 0 Å². The molecule has 1 fully saturated rings. The van der Waals surface area contributed by atoms with E-state index >= 15 is 0 Å². The van der Waals surface area contributed by atoms with Crippen molar-refractivity contribution in [1.29, 1.82) is 0 Å². The zero-order valence-corrected chi connectivity index (χ0v) is 9.61. The minimum absolute atomic E-state index is 0.161. The molecule has 3 unspecified atom stereocenters. The molecular formula is C13H20N2. The van der Waals surface area contributed by atoms with Crippen molar-refractivity contribution >= 4 is 0 Å². The molecular weight excluding hydrogens is 184 g/mol. The minimum atomic E-state index is -0.161. The van der Waals surface area contributed by atoms with Gasteiger partial charge < -0.3 is 5.73 Å². The summed E-state index contributed by atoms with van der Waals surface area (Å²) in [7, 11) is 0. The molecule has 1 saturated carbocycles. The summed E-state index contributed by atoms with van der Waals surface area (Å²) < 4.78 is 0. The van der Waals surface area contributed by atoms with Gasteiger partial charge >= 0.3 is 0 Å². The summed E-state index contributed by atoms with van der Waals surface area (Å²) in [6.45, 7) is 4.56. The highest BCUT2D eigenvalue weighted by Crippen LogP contribution is 2.41. The second kappa shape index (κ2) is 3.93. The lowest BCUT2D eigenvalue weighted by atomic mass is 9.67. The normalized spacial score (nSPS) is 36.5. The van der Waals surface area contributed by atoms with Crippen molar-refractivity contribution in [3.05, 3.63) is 30.1 Å². The molecule has 2 N–H and O–H groups in total. The second-order valence-corrected chi connectivity index (χ2v) is 5.07. The van der Waals surface area contributed by atoms with Crippen LogP contribution in [-0.4, -0.2) is 4.98 Å². The standard InChI is InChI=1S/C13H20N2/c1-10-5-6-11(2)13(14,8-10)12-4-3-7-15-9-12/h3-4,7,9-11H,5-6,8,14H2,1-2H3. The molecule has 2 rings (SSSR count). The third kappa shape index (κ3) is 1.91. The fourth-order valence-corrected chi connectivity index (χ4v) is 2.71. The van der Waals surface area contributed by atoms with E-state index in [0.29, 0.717) is 5.92 Å². The van der Waals surface area contributed by atoms with E-state index in [0.717, 1.165) is 12.3 Å². The number of aromatic nitrogens is 1. The number of hydrogen-bond acceptors (Lipinski definition) is 2. The highest BCUT2D eigenvalue weighted by molar-refractivity contribution is 5.22. The van der Waals surface area contributed by atoms with E-state index in [-0.39, 0.29) is 5.54 Å². The van der Waals surface area contributed by atoms with Crippen LogP contribution in [0.5, 0.6) is 0 Å². The van der Waals surface area contributed by atoms with Crippen LogP contribution >= 0.6 is 0 Å². The lowest BCUT2D eigenvalue weighted by Gasteiger charge is -2.42. The van der Waals surface area contributed by atoms with E-state index in [2.05, 4.69) is 24.9 Å². The van der Waals surface area contributed by atoms with Crippen LogP contribution in [0.2, 0.25) is 0 Å². The molecule has 3 atom stereocenters. The van der Waals surface area contributed by atoms with Crippen molar-refractivity contribution < 1.29 is 0 Å². The number of rotatable bonds is 1. The number of pyridine rings is 1. The van der Waals surface area contributed by atoms with Gasteiger partial charge in [-0.05, 0) is 36.3 Å². The maximum Gasteiger partial charge on any atom is 0.0453 e. The Morgan fingerprint density at radius 2 is 2.20 bits per heavy atom. The molecule has 0 spiro atoms. The van der Waals surface area contributed by atoms with E-state index in [1.54, 1.807) is 0 Å². The molecule has 0 aromatic carbocycles. The van der Waals surface area contributed by atoms with Crippen LogP contribution in [0.4, 0.5) is 0 Å². The van der Waals surface area contributed by atoms with Gasteiger partial charge in [0.25, 0.3) is 0 Å². The molecule has 0 bridgehead atoms. The van der Waals surface area contributed by atoms with Gasteiger partial charge in [-0.1, -0.05) is 26.3 Å². The Hall–Kier alpha value is -0.890. The molecule has 0 radical (unpaired) electrons. The lowest BCUT2D eigenvalue weighted by Crippen LogP contribution is -2.47. The monoisotopic (exact) mass is 204 g/mol. The van der Waals surface area contributed by atoms with Gasteiger partial charge in [0.05, 0.1) is 0 Å². The SMILES string of the molecule is CC1CCC(C)C(N)(c2cccnc2)C1. The Labute approximate surface area is 91.9 Å². The van der Waals surface area contributed by atoms with Gasteiger partial charge in [-0.2, -0.15) is 0 Å². The molecule has 82 valence electrons. The maximum atomic E-state index is 6.57. The van der Waals surface area contributed by atoms with Crippen molar-refractivity contribution in [3.63, 3.8) is 0 Å². The first-order valence-corrected chi connectivity index (χ1v) is 5.82. The Balaban J connectivity index is 2.31. The van der Waals surface area contributed by atoms with E-state index < -0.39 is 0 Å². The molecule has 15 heavy (non-hydrogen) atoms. The smallest absolute Gasteiger partial charge is 0.0453 e. The fourth-order valence-electron chi connectivity index (χ4n) is 2.71. The highest BCUT2D eigenvalue weighted by atomic mass is 14.8. The number of hydrogen-bond donors (Lipinski definition) is 1. The Morgan fingerprint density at radius 3 is 2.87 bits per heavy atom.